The lowest BCUT2D eigenvalue weighted by molar-refractivity contribution is -0.139. The van der Waals surface area contributed by atoms with Gasteiger partial charge in [0.2, 0.25) is 0 Å². The van der Waals surface area contributed by atoms with Gasteiger partial charge in [0.1, 0.15) is 5.52 Å². The molecule has 5 nitrogen and oxygen atoms in total. The molecular weight excluding hydrogens is 246 g/mol. The smallest absolute Gasteiger partial charge is 0.303 e. The summed E-state index contributed by atoms with van der Waals surface area (Å²) in [5, 5.41) is 8.85. The Labute approximate surface area is 110 Å². The standard InChI is InChI=1S/C14H15NO4/c1-9-15-11-3-2-10(6-12(11)19-9)14(7-18-8-14)5-4-13(16)17/h2-3,6H,4-5,7-8H2,1H3,(H,16,17). The zero-order valence-corrected chi connectivity index (χ0v) is 10.7. The van der Waals surface area contributed by atoms with E-state index in [1.807, 2.05) is 25.1 Å². The maximum absolute atomic E-state index is 10.8. The topological polar surface area (TPSA) is 72.6 Å². The number of carboxylic acid groups (broad SMARTS) is 1. The van der Waals surface area contributed by atoms with Crippen molar-refractivity contribution in [2.75, 3.05) is 13.2 Å². The molecule has 0 atom stereocenters. The van der Waals surface area contributed by atoms with Crippen molar-refractivity contribution in [3.05, 3.63) is 29.7 Å². The van der Waals surface area contributed by atoms with E-state index in [-0.39, 0.29) is 11.8 Å². The van der Waals surface area contributed by atoms with Crippen molar-refractivity contribution in [2.24, 2.45) is 0 Å². The second kappa shape index (κ2) is 4.35. The van der Waals surface area contributed by atoms with Crippen LogP contribution >= 0.6 is 0 Å². The Bertz CT molecular complexity index is 627. The van der Waals surface area contributed by atoms with E-state index in [9.17, 15) is 4.79 Å². The van der Waals surface area contributed by atoms with Crippen LogP contribution in [0.4, 0.5) is 0 Å². The maximum atomic E-state index is 10.8. The second-order valence-corrected chi connectivity index (χ2v) is 5.08. The highest BCUT2D eigenvalue weighted by molar-refractivity contribution is 5.74. The van der Waals surface area contributed by atoms with Gasteiger partial charge in [-0.15, -0.1) is 0 Å². The summed E-state index contributed by atoms with van der Waals surface area (Å²) in [5.41, 5.74) is 2.46. The number of aryl methyl sites for hydroxylation is 1. The number of oxazole rings is 1. The van der Waals surface area contributed by atoms with E-state index in [4.69, 9.17) is 14.3 Å². The summed E-state index contributed by atoms with van der Waals surface area (Å²) in [6, 6.07) is 5.87. The number of nitrogens with zero attached hydrogens (tertiary/aromatic N) is 1. The number of carboxylic acids is 1. The first-order valence-corrected chi connectivity index (χ1v) is 6.26. The molecule has 1 fully saturated rings. The molecule has 19 heavy (non-hydrogen) atoms. The quantitative estimate of drug-likeness (QED) is 0.914. The maximum Gasteiger partial charge on any atom is 0.303 e. The summed E-state index contributed by atoms with van der Waals surface area (Å²) in [6.07, 6.45) is 0.734. The number of hydrogen-bond donors (Lipinski definition) is 1. The van der Waals surface area contributed by atoms with Crippen LogP contribution in [0.3, 0.4) is 0 Å². The fourth-order valence-electron chi connectivity index (χ4n) is 2.52. The Morgan fingerprint density at radius 1 is 1.47 bits per heavy atom. The minimum Gasteiger partial charge on any atom is -0.481 e. The minimum absolute atomic E-state index is 0.150. The molecule has 2 heterocycles. The summed E-state index contributed by atoms with van der Waals surface area (Å²) < 4.78 is 10.8. The molecule has 0 saturated carbocycles. The van der Waals surface area contributed by atoms with Crippen LogP contribution < -0.4 is 0 Å². The van der Waals surface area contributed by atoms with Crippen molar-refractivity contribution in [2.45, 2.75) is 25.2 Å². The van der Waals surface area contributed by atoms with Gasteiger partial charge < -0.3 is 14.3 Å². The molecule has 1 aliphatic heterocycles. The number of fused-ring (bicyclic) bond motifs is 1. The lowest BCUT2D eigenvalue weighted by Gasteiger charge is -2.41. The molecule has 3 rings (SSSR count). The van der Waals surface area contributed by atoms with Crippen LogP contribution in [0.2, 0.25) is 0 Å². The number of benzene rings is 1. The SMILES string of the molecule is Cc1nc2ccc(C3(CCC(=O)O)COC3)cc2o1. The molecule has 0 radical (unpaired) electrons. The predicted molar refractivity (Wildman–Crippen MR) is 68.1 cm³/mol. The molecule has 1 aromatic heterocycles. The van der Waals surface area contributed by atoms with Crippen molar-refractivity contribution >= 4 is 17.1 Å². The number of ether oxygens (including phenoxy) is 1. The first-order valence-electron chi connectivity index (χ1n) is 6.26. The lowest BCUT2D eigenvalue weighted by Crippen LogP contribution is -2.47. The molecule has 0 bridgehead atoms. The van der Waals surface area contributed by atoms with E-state index < -0.39 is 5.97 Å². The Morgan fingerprint density at radius 2 is 2.26 bits per heavy atom. The van der Waals surface area contributed by atoms with E-state index in [1.165, 1.54) is 0 Å². The molecule has 2 aromatic rings. The van der Waals surface area contributed by atoms with E-state index in [0.717, 1.165) is 16.7 Å². The highest BCUT2D eigenvalue weighted by Gasteiger charge is 2.40. The number of hydrogen-bond acceptors (Lipinski definition) is 4. The molecule has 100 valence electrons. The summed E-state index contributed by atoms with van der Waals surface area (Å²) >= 11 is 0. The molecule has 5 heteroatoms. The molecule has 0 amide bonds. The average molecular weight is 261 g/mol. The Balaban J connectivity index is 1.94. The zero-order chi connectivity index (χ0) is 13.5. The van der Waals surface area contributed by atoms with Crippen LogP contribution in [0.15, 0.2) is 22.6 Å². The second-order valence-electron chi connectivity index (χ2n) is 5.08. The van der Waals surface area contributed by atoms with Gasteiger partial charge in [-0.25, -0.2) is 4.98 Å². The molecule has 1 N–H and O–H groups in total. The molecule has 0 aliphatic carbocycles. The predicted octanol–water partition coefficient (Wildman–Crippen LogP) is 2.27. The molecule has 1 aromatic carbocycles. The fourth-order valence-corrected chi connectivity index (χ4v) is 2.52. The van der Waals surface area contributed by atoms with E-state index >= 15 is 0 Å². The van der Waals surface area contributed by atoms with Gasteiger partial charge in [0.15, 0.2) is 11.5 Å². The summed E-state index contributed by atoms with van der Waals surface area (Å²) in [6.45, 7) is 2.95. The third-order valence-electron chi connectivity index (χ3n) is 3.68. The van der Waals surface area contributed by atoms with Crippen molar-refractivity contribution in [3.63, 3.8) is 0 Å². The van der Waals surface area contributed by atoms with Crippen LogP contribution in [0, 0.1) is 6.92 Å². The van der Waals surface area contributed by atoms with Gasteiger partial charge in [-0.1, -0.05) is 6.07 Å². The Hall–Kier alpha value is -1.88. The summed E-state index contributed by atoms with van der Waals surface area (Å²) in [5.74, 6) is -0.139. The molecule has 1 aliphatic rings. The largest absolute Gasteiger partial charge is 0.481 e. The van der Waals surface area contributed by atoms with Gasteiger partial charge in [-0.2, -0.15) is 0 Å². The monoisotopic (exact) mass is 261 g/mol. The zero-order valence-electron chi connectivity index (χ0n) is 10.7. The fraction of sp³-hybridized carbons (Fsp3) is 0.429. The van der Waals surface area contributed by atoms with Crippen LogP contribution in [0.25, 0.3) is 11.1 Å². The Morgan fingerprint density at radius 3 is 2.89 bits per heavy atom. The molecule has 1 saturated heterocycles. The molecular formula is C14H15NO4. The van der Waals surface area contributed by atoms with Gasteiger partial charge >= 0.3 is 5.97 Å². The van der Waals surface area contributed by atoms with Gasteiger partial charge in [0.25, 0.3) is 0 Å². The van der Waals surface area contributed by atoms with Crippen LogP contribution in [0.5, 0.6) is 0 Å². The highest BCUT2D eigenvalue weighted by atomic mass is 16.5. The van der Waals surface area contributed by atoms with Crippen molar-refractivity contribution in [3.8, 4) is 0 Å². The number of aliphatic carboxylic acids is 1. The molecule has 0 unspecified atom stereocenters. The van der Waals surface area contributed by atoms with Crippen LogP contribution in [-0.2, 0) is 14.9 Å². The van der Waals surface area contributed by atoms with E-state index in [0.29, 0.717) is 25.5 Å². The van der Waals surface area contributed by atoms with Crippen molar-refractivity contribution < 1.29 is 19.1 Å². The normalized spacial score (nSPS) is 17.3. The first-order chi connectivity index (χ1) is 9.09. The highest BCUT2D eigenvalue weighted by Crippen LogP contribution is 2.38. The first kappa shape index (κ1) is 12.2. The van der Waals surface area contributed by atoms with Crippen molar-refractivity contribution in [1.29, 1.82) is 0 Å². The van der Waals surface area contributed by atoms with Gasteiger partial charge in [0, 0.05) is 18.8 Å². The van der Waals surface area contributed by atoms with Gasteiger partial charge in [0.05, 0.1) is 13.2 Å². The van der Waals surface area contributed by atoms with Crippen LogP contribution in [-0.4, -0.2) is 29.3 Å². The Kier molecular flexibility index (Phi) is 2.78. The van der Waals surface area contributed by atoms with E-state index in [1.54, 1.807) is 0 Å². The van der Waals surface area contributed by atoms with Crippen molar-refractivity contribution in [1.82, 2.24) is 4.98 Å². The van der Waals surface area contributed by atoms with Gasteiger partial charge in [-0.3, -0.25) is 4.79 Å². The number of rotatable bonds is 4. The lowest BCUT2D eigenvalue weighted by atomic mass is 9.75. The minimum atomic E-state index is -0.775. The van der Waals surface area contributed by atoms with E-state index in [2.05, 4.69) is 4.98 Å². The summed E-state index contributed by atoms with van der Waals surface area (Å²) in [7, 11) is 0. The number of carbonyl (C=O) groups is 1. The van der Waals surface area contributed by atoms with Crippen LogP contribution in [0.1, 0.15) is 24.3 Å². The van der Waals surface area contributed by atoms with Gasteiger partial charge in [-0.05, 0) is 24.1 Å². The third kappa shape index (κ3) is 2.10. The third-order valence-corrected chi connectivity index (χ3v) is 3.68. The number of aromatic nitrogens is 1. The molecule has 0 spiro atoms. The average Bonchev–Trinajstić information content (AvgIpc) is 2.66. The summed E-state index contributed by atoms with van der Waals surface area (Å²) in [4.78, 5) is 15.0.